The second-order valence-electron chi connectivity index (χ2n) is 5.82. The van der Waals surface area contributed by atoms with Gasteiger partial charge in [0, 0.05) is 12.1 Å². The molecule has 0 atom stereocenters. The number of aromatic nitrogens is 3. The number of rotatable bonds is 5. The fourth-order valence-corrected chi connectivity index (χ4v) is 2.79. The highest BCUT2D eigenvalue weighted by Crippen LogP contribution is 2.21. The molecule has 0 bridgehead atoms. The van der Waals surface area contributed by atoms with E-state index in [1.165, 1.54) is 6.26 Å². The lowest BCUT2D eigenvalue weighted by atomic mass is 10.1. The number of imidazole rings is 1. The normalized spacial score (nSPS) is 11.0. The lowest BCUT2D eigenvalue weighted by Crippen LogP contribution is -2.04. The summed E-state index contributed by atoms with van der Waals surface area (Å²) in [5.41, 5.74) is 4.20. The van der Waals surface area contributed by atoms with Crippen LogP contribution in [0.1, 0.15) is 23.0 Å². The van der Waals surface area contributed by atoms with Gasteiger partial charge >= 0.3 is 5.97 Å². The minimum absolute atomic E-state index is 0.177. The first-order chi connectivity index (χ1) is 12.7. The molecule has 0 unspecified atom stereocenters. The second kappa shape index (κ2) is 6.84. The number of para-hydroxylation sites is 2. The molecule has 0 saturated carbocycles. The van der Waals surface area contributed by atoms with Crippen LogP contribution in [-0.4, -0.2) is 27.1 Å². The van der Waals surface area contributed by atoms with Crippen LogP contribution in [0.5, 0.6) is 0 Å². The van der Waals surface area contributed by atoms with Crippen molar-refractivity contribution in [2.24, 2.45) is 0 Å². The molecule has 2 aromatic heterocycles. The van der Waals surface area contributed by atoms with E-state index >= 15 is 0 Å². The molecule has 0 aliphatic carbocycles. The average molecular weight is 347 g/mol. The Balaban J connectivity index is 1.53. The summed E-state index contributed by atoms with van der Waals surface area (Å²) in [6.07, 6.45) is 3.16. The van der Waals surface area contributed by atoms with Gasteiger partial charge in [-0.3, -0.25) is 0 Å². The number of ether oxygens (including phenoxy) is 1. The van der Waals surface area contributed by atoms with Crippen molar-refractivity contribution in [3.05, 3.63) is 72.4 Å². The van der Waals surface area contributed by atoms with Gasteiger partial charge in [-0.1, -0.05) is 24.3 Å². The zero-order valence-corrected chi connectivity index (χ0v) is 14.3. The highest BCUT2D eigenvalue weighted by Gasteiger charge is 2.14. The molecular weight excluding hydrogens is 330 g/mol. The van der Waals surface area contributed by atoms with E-state index < -0.39 is 5.97 Å². The highest BCUT2D eigenvalue weighted by atomic mass is 16.5. The first kappa shape index (κ1) is 16.1. The van der Waals surface area contributed by atoms with E-state index in [0.29, 0.717) is 12.5 Å². The SMILES string of the molecule is CCOC(=O)c1coc(-c2ccc(Cn3cnc4ccccc43)cc2)n1. The molecule has 0 saturated heterocycles. The minimum Gasteiger partial charge on any atom is -0.461 e. The third kappa shape index (κ3) is 3.09. The molecule has 2 heterocycles. The maximum absolute atomic E-state index is 11.7. The zero-order chi connectivity index (χ0) is 17.9. The Morgan fingerprint density at radius 3 is 2.77 bits per heavy atom. The van der Waals surface area contributed by atoms with Crippen LogP contribution < -0.4 is 0 Å². The molecule has 0 aliphatic rings. The summed E-state index contributed by atoms with van der Waals surface area (Å²) in [6, 6.07) is 15.9. The fraction of sp³-hybridized carbons (Fsp3) is 0.150. The summed E-state index contributed by atoms with van der Waals surface area (Å²) >= 11 is 0. The van der Waals surface area contributed by atoms with Gasteiger partial charge in [-0.2, -0.15) is 0 Å². The van der Waals surface area contributed by atoms with Crippen LogP contribution in [0.2, 0.25) is 0 Å². The van der Waals surface area contributed by atoms with Gasteiger partial charge in [0.2, 0.25) is 5.89 Å². The average Bonchev–Trinajstić information content (AvgIpc) is 3.31. The Bertz CT molecular complexity index is 1050. The molecular formula is C20H17N3O3. The smallest absolute Gasteiger partial charge is 0.360 e. The van der Waals surface area contributed by atoms with Gasteiger partial charge in [0.15, 0.2) is 5.69 Å². The standard InChI is InChI=1S/C20H17N3O3/c1-2-25-20(24)17-12-26-19(22-17)15-9-7-14(8-10-15)11-23-13-21-16-5-3-4-6-18(16)23/h3-10,12-13H,2,11H2,1H3. The number of esters is 1. The van der Waals surface area contributed by atoms with Crippen LogP contribution in [0.25, 0.3) is 22.5 Å². The second-order valence-corrected chi connectivity index (χ2v) is 5.82. The maximum Gasteiger partial charge on any atom is 0.360 e. The third-order valence-corrected chi connectivity index (χ3v) is 4.07. The third-order valence-electron chi connectivity index (χ3n) is 4.07. The lowest BCUT2D eigenvalue weighted by Gasteiger charge is -2.05. The number of oxazole rings is 1. The maximum atomic E-state index is 11.7. The fourth-order valence-electron chi connectivity index (χ4n) is 2.79. The van der Waals surface area contributed by atoms with Crippen molar-refractivity contribution < 1.29 is 13.9 Å². The lowest BCUT2D eigenvalue weighted by molar-refractivity contribution is 0.0519. The summed E-state index contributed by atoms with van der Waals surface area (Å²) < 4.78 is 12.4. The first-order valence-corrected chi connectivity index (χ1v) is 8.36. The van der Waals surface area contributed by atoms with Crippen molar-refractivity contribution in [1.82, 2.24) is 14.5 Å². The van der Waals surface area contributed by atoms with Crippen LogP contribution in [0.15, 0.2) is 65.5 Å². The highest BCUT2D eigenvalue weighted by molar-refractivity contribution is 5.87. The van der Waals surface area contributed by atoms with Gasteiger partial charge in [0.05, 0.1) is 24.0 Å². The van der Waals surface area contributed by atoms with Crippen LogP contribution in [0, 0.1) is 0 Å². The monoisotopic (exact) mass is 347 g/mol. The molecule has 4 aromatic rings. The summed E-state index contributed by atoms with van der Waals surface area (Å²) in [6.45, 7) is 2.78. The van der Waals surface area contributed by atoms with Crippen molar-refractivity contribution in [3.63, 3.8) is 0 Å². The van der Waals surface area contributed by atoms with E-state index in [1.54, 1.807) is 6.92 Å². The van der Waals surface area contributed by atoms with Crippen molar-refractivity contribution >= 4 is 17.0 Å². The number of hydrogen-bond acceptors (Lipinski definition) is 5. The van der Waals surface area contributed by atoms with E-state index in [4.69, 9.17) is 9.15 Å². The Morgan fingerprint density at radius 2 is 1.96 bits per heavy atom. The number of hydrogen-bond donors (Lipinski definition) is 0. The molecule has 0 N–H and O–H groups in total. The molecule has 130 valence electrons. The molecule has 0 radical (unpaired) electrons. The van der Waals surface area contributed by atoms with Crippen molar-refractivity contribution in [1.29, 1.82) is 0 Å². The molecule has 0 fully saturated rings. The molecule has 0 aliphatic heterocycles. The number of carbonyl (C=O) groups excluding carboxylic acids is 1. The molecule has 2 aromatic carbocycles. The number of nitrogens with zero attached hydrogens (tertiary/aromatic N) is 3. The van der Waals surface area contributed by atoms with Crippen molar-refractivity contribution in [2.45, 2.75) is 13.5 Å². The molecule has 0 spiro atoms. The Kier molecular flexibility index (Phi) is 4.23. The number of benzene rings is 2. The summed E-state index contributed by atoms with van der Waals surface area (Å²) in [7, 11) is 0. The van der Waals surface area contributed by atoms with Gasteiger partial charge < -0.3 is 13.7 Å². The summed E-state index contributed by atoms with van der Waals surface area (Å²) in [5.74, 6) is -0.0845. The van der Waals surface area contributed by atoms with Gasteiger partial charge in [-0.25, -0.2) is 14.8 Å². The number of carbonyl (C=O) groups is 1. The predicted molar refractivity (Wildman–Crippen MR) is 96.7 cm³/mol. The largest absolute Gasteiger partial charge is 0.461 e. The van der Waals surface area contributed by atoms with E-state index in [0.717, 1.165) is 28.7 Å². The molecule has 0 amide bonds. The topological polar surface area (TPSA) is 70.2 Å². The van der Waals surface area contributed by atoms with E-state index in [-0.39, 0.29) is 5.69 Å². The minimum atomic E-state index is -0.480. The van der Waals surface area contributed by atoms with E-state index in [2.05, 4.69) is 20.6 Å². The van der Waals surface area contributed by atoms with Gasteiger partial charge in [-0.15, -0.1) is 0 Å². The van der Waals surface area contributed by atoms with Crippen molar-refractivity contribution in [2.75, 3.05) is 6.61 Å². The quantitative estimate of drug-likeness (QED) is 0.512. The van der Waals surface area contributed by atoms with Gasteiger partial charge in [-0.05, 0) is 36.8 Å². The van der Waals surface area contributed by atoms with Crippen LogP contribution in [0.4, 0.5) is 0 Å². The van der Waals surface area contributed by atoms with Gasteiger partial charge in [0.25, 0.3) is 0 Å². The van der Waals surface area contributed by atoms with Gasteiger partial charge in [0.1, 0.15) is 6.26 Å². The Hall–Kier alpha value is -3.41. The molecule has 6 heteroatoms. The summed E-state index contributed by atoms with van der Waals surface area (Å²) in [5, 5.41) is 0. The molecule has 6 nitrogen and oxygen atoms in total. The Morgan fingerprint density at radius 1 is 1.15 bits per heavy atom. The Labute approximate surface area is 150 Å². The molecule has 4 rings (SSSR count). The van der Waals surface area contributed by atoms with Crippen LogP contribution in [0.3, 0.4) is 0 Å². The predicted octanol–water partition coefficient (Wildman–Crippen LogP) is 3.92. The summed E-state index contributed by atoms with van der Waals surface area (Å²) in [4.78, 5) is 20.3. The van der Waals surface area contributed by atoms with Crippen molar-refractivity contribution in [3.8, 4) is 11.5 Å². The number of fused-ring (bicyclic) bond motifs is 1. The first-order valence-electron chi connectivity index (χ1n) is 8.36. The zero-order valence-electron chi connectivity index (χ0n) is 14.3. The van der Waals surface area contributed by atoms with Crippen LogP contribution >= 0.6 is 0 Å². The molecule has 26 heavy (non-hydrogen) atoms. The van der Waals surface area contributed by atoms with Crippen LogP contribution in [-0.2, 0) is 11.3 Å². The van der Waals surface area contributed by atoms with E-state index in [1.807, 2.05) is 48.8 Å². The van der Waals surface area contributed by atoms with E-state index in [9.17, 15) is 4.79 Å².